The van der Waals surface area contributed by atoms with E-state index in [9.17, 15) is 5.11 Å². The number of furan rings is 1. The monoisotopic (exact) mass is 365 g/mol. The molecule has 0 spiro atoms. The van der Waals surface area contributed by atoms with Gasteiger partial charge in [-0.15, -0.1) is 11.3 Å². The van der Waals surface area contributed by atoms with Gasteiger partial charge in [-0.2, -0.15) is 0 Å². The van der Waals surface area contributed by atoms with Gasteiger partial charge in [0.05, 0.1) is 11.6 Å². The molecule has 6 heteroatoms. The SMILES string of the molecule is OC[C@@H](CNc1ncnc2sc(-c3ccccc3)cc12)Cc1ccco1. The Bertz CT molecular complexity index is 967. The lowest BCUT2D eigenvalue weighted by Crippen LogP contribution is -2.20. The van der Waals surface area contributed by atoms with Gasteiger partial charge in [0.1, 0.15) is 22.7 Å². The van der Waals surface area contributed by atoms with Gasteiger partial charge in [0.25, 0.3) is 0 Å². The predicted octanol–water partition coefficient (Wildman–Crippen LogP) is 4.21. The molecule has 0 amide bonds. The minimum Gasteiger partial charge on any atom is -0.469 e. The second-order valence-electron chi connectivity index (χ2n) is 6.13. The molecular formula is C20H19N3O2S. The lowest BCUT2D eigenvalue weighted by molar-refractivity contribution is 0.226. The van der Waals surface area contributed by atoms with Gasteiger partial charge >= 0.3 is 0 Å². The van der Waals surface area contributed by atoms with Gasteiger partial charge in [-0.25, -0.2) is 9.97 Å². The van der Waals surface area contributed by atoms with E-state index in [2.05, 4.69) is 33.5 Å². The Morgan fingerprint density at radius 3 is 2.77 bits per heavy atom. The normalized spacial score (nSPS) is 12.3. The summed E-state index contributed by atoms with van der Waals surface area (Å²) in [5.41, 5.74) is 1.17. The third-order valence-corrected chi connectivity index (χ3v) is 5.37. The molecule has 4 rings (SSSR count). The van der Waals surface area contributed by atoms with Gasteiger partial charge < -0.3 is 14.8 Å². The molecule has 26 heavy (non-hydrogen) atoms. The summed E-state index contributed by atoms with van der Waals surface area (Å²) in [5, 5.41) is 14.0. The van der Waals surface area contributed by atoms with Crippen molar-refractivity contribution in [2.75, 3.05) is 18.5 Å². The van der Waals surface area contributed by atoms with Crippen LogP contribution in [0, 0.1) is 5.92 Å². The number of hydrogen-bond donors (Lipinski definition) is 2. The minimum absolute atomic E-state index is 0.0541. The zero-order valence-corrected chi connectivity index (χ0v) is 14.9. The first-order chi connectivity index (χ1) is 12.8. The molecule has 0 bridgehead atoms. The van der Waals surface area contributed by atoms with Gasteiger partial charge in [-0.3, -0.25) is 0 Å². The molecule has 0 saturated carbocycles. The first-order valence-electron chi connectivity index (χ1n) is 8.50. The van der Waals surface area contributed by atoms with E-state index >= 15 is 0 Å². The molecule has 1 aromatic carbocycles. The van der Waals surface area contributed by atoms with Crippen LogP contribution in [0.15, 0.2) is 65.5 Å². The van der Waals surface area contributed by atoms with Crippen molar-refractivity contribution in [3.05, 3.63) is 66.9 Å². The number of anilines is 1. The van der Waals surface area contributed by atoms with Crippen LogP contribution in [0.25, 0.3) is 20.7 Å². The highest BCUT2D eigenvalue weighted by Gasteiger charge is 2.14. The average molecular weight is 365 g/mol. The number of nitrogens with one attached hydrogen (secondary N) is 1. The summed E-state index contributed by atoms with van der Waals surface area (Å²) in [6, 6.07) is 16.2. The van der Waals surface area contributed by atoms with Crippen molar-refractivity contribution in [1.82, 2.24) is 9.97 Å². The summed E-state index contributed by atoms with van der Waals surface area (Å²) in [7, 11) is 0. The first-order valence-corrected chi connectivity index (χ1v) is 9.32. The van der Waals surface area contributed by atoms with E-state index in [4.69, 9.17) is 4.42 Å². The van der Waals surface area contributed by atoms with Crippen molar-refractivity contribution in [2.45, 2.75) is 6.42 Å². The van der Waals surface area contributed by atoms with Crippen LogP contribution in [0.3, 0.4) is 0 Å². The fourth-order valence-electron chi connectivity index (χ4n) is 2.90. The van der Waals surface area contributed by atoms with E-state index in [1.807, 2.05) is 30.3 Å². The molecule has 0 aliphatic carbocycles. The van der Waals surface area contributed by atoms with Gasteiger partial charge in [0, 0.05) is 30.4 Å². The van der Waals surface area contributed by atoms with Crippen molar-refractivity contribution < 1.29 is 9.52 Å². The number of rotatable bonds is 7. The van der Waals surface area contributed by atoms with Crippen LogP contribution in [0.1, 0.15) is 5.76 Å². The molecule has 3 aromatic heterocycles. The number of aromatic nitrogens is 2. The highest BCUT2D eigenvalue weighted by atomic mass is 32.1. The number of nitrogens with zero attached hydrogens (tertiary/aromatic N) is 2. The number of fused-ring (bicyclic) bond motifs is 1. The highest BCUT2D eigenvalue weighted by Crippen LogP contribution is 2.34. The molecule has 0 fully saturated rings. The van der Waals surface area contributed by atoms with Crippen molar-refractivity contribution in [2.24, 2.45) is 5.92 Å². The maximum Gasteiger partial charge on any atom is 0.138 e. The quantitative estimate of drug-likeness (QED) is 0.513. The van der Waals surface area contributed by atoms with Crippen LogP contribution in [0.4, 0.5) is 5.82 Å². The lowest BCUT2D eigenvalue weighted by Gasteiger charge is -2.14. The molecule has 3 heterocycles. The fourth-order valence-corrected chi connectivity index (χ4v) is 3.90. The molecule has 0 saturated heterocycles. The molecule has 4 aromatic rings. The zero-order chi connectivity index (χ0) is 17.8. The summed E-state index contributed by atoms with van der Waals surface area (Å²) >= 11 is 1.65. The standard InChI is InChI=1S/C20H19N3O2S/c24-12-14(9-16-7-4-8-25-16)11-21-19-17-10-18(15-5-2-1-3-6-15)26-20(17)23-13-22-19/h1-8,10,13-14,24H,9,11-12H2,(H,21,22,23)/t14-/m1/s1. The summed E-state index contributed by atoms with van der Waals surface area (Å²) in [4.78, 5) is 10.9. The maximum atomic E-state index is 9.66. The number of aliphatic hydroxyl groups excluding tert-OH is 1. The van der Waals surface area contributed by atoms with Gasteiger partial charge in [0.2, 0.25) is 0 Å². The Hall–Kier alpha value is -2.70. The maximum absolute atomic E-state index is 9.66. The number of benzene rings is 1. The number of thiophene rings is 1. The summed E-state index contributed by atoms with van der Waals surface area (Å²) < 4.78 is 5.38. The van der Waals surface area contributed by atoms with Crippen LogP contribution in [-0.4, -0.2) is 28.2 Å². The predicted molar refractivity (Wildman–Crippen MR) is 104 cm³/mol. The van der Waals surface area contributed by atoms with Crippen LogP contribution >= 0.6 is 11.3 Å². The van der Waals surface area contributed by atoms with Gasteiger partial charge in [-0.05, 0) is 23.8 Å². The molecule has 0 aliphatic rings. The lowest BCUT2D eigenvalue weighted by atomic mass is 10.1. The molecule has 1 atom stereocenters. The van der Waals surface area contributed by atoms with Crippen LogP contribution < -0.4 is 5.32 Å². The summed E-state index contributed by atoms with van der Waals surface area (Å²) in [6.45, 7) is 0.695. The van der Waals surface area contributed by atoms with Crippen molar-refractivity contribution in [3.63, 3.8) is 0 Å². The van der Waals surface area contributed by atoms with E-state index in [0.29, 0.717) is 13.0 Å². The summed E-state index contributed by atoms with van der Waals surface area (Å²) in [5.74, 6) is 1.73. The zero-order valence-electron chi connectivity index (χ0n) is 14.1. The molecule has 5 nitrogen and oxygen atoms in total. The van der Waals surface area contributed by atoms with Crippen LogP contribution in [0.2, 0.25) is 0 Å². The Balaban J connectivity index is 1.53. The topological polar surface area (TPSA) is 71.2 Å². The largest absolute Gasteiger partial charge is 0.469 e. The van der Waals surface area contributed by atoms with Crippen molar-refractivity contribution in [3.8, 4) is 10.4 Å². The van der Waals surface area contributed by atoms with E-state index in [1.165, 1.54) is 10.4 Å². The Morgan fingerprint density at radius 2 is 2.00 bits per heavy atom. The smallest absolute Gasteiger partial charge is 0.138 e. The molecule has 2 N–H and O–H groups in total. The van der Waals surface area contributed by atoms with Gasteiger partial charge in [-0.1, -0.05) is 30.3 Å². The number of hydrogen-bond acceptors (Lipinski definition) is 6. The Morgan fingerprint density at radius 1 is 1.12 bits per heavy atom. The van der Waals surface area contributed by atoms with Crippen LogP contribution in [-0.2, 0) is 6.42 Å². The third kappa shape index (κ3) is 3.61. The van der Waals surface area contributed by atoms with Gasteiger partial charge in [0.15, 0.2) is 0 Å². The summed E-state index contributed by atoms with van der Waals surface area (Å²) in [6.07, 6.45) is 3.92. The molecular weight excluding hydrogens is 346 g/mol. The molecule has 0 radical (unpaired) electrons. The van der Waals surface area contributed by atoms with E-state index in [0.717, 1.165) is 21.8 Å². The van der Waals surface area contributed by atoms with Crippen molar-refractivity contribution >= 4 is 27.4 Å². The third-order valence-electron chi connectivity index (χ3n) is 4.27. The Kier molecular flexibility index (Phi) is 4.95. The Labute approximate surface area is 155 Å². The first kappa shape index (κ1) is 16.8. The highest BCUT2D eigenvalue weighted by molar-refractivity contribution is 7.21. The molecule has 0 aliphatic heterocycles. The number of aliphatic hydroxyl groups is 1. The van der Waals surface area contributed by atoms with E-state index in [-0.39, 0.29) is 12.5 Å². The second-order valence-corrected chi connectivity index (χ2v) is 7.16. The fraction of sp³-hybridized carbons (Fsp3) is 0.200. The minimum atomic E-state index is 0.0541. The van der Waals surface area contributed by atoms with E-state index < -0.39 is 0 Å². The average Bonchev–Trinajstić information content (AvgIpc) is 3.35. The molecule has 0 unspecified atom stereocenters. The van der Waals surface area contributed by atoms with E-state index in [1.54, 1.807) is 23.9 Å². The van der Waals surface area contributed by atoms with Crippen molar-refractivity contribution in [1.29, 1.82) is 0 Å². The van der Waals surface area contributed by atoms with Crippen LogP contribution in [0.5, 0.6) is 0 Å². The molecule has 132 valence electrons. The second kappa shape index (κ2) is 7.68.